The lowest BCUT2D eigenvalue weighted by atomic mass is 10.1. The second kappa shape index (κ2) is 7.23. The van der Waals surface area contributed by atoms with Gasteiger partial charge >= 0.3 is 5.97 Å². The van der Waals surface area contributed by atoms with E-state index in [-0.39, 0.29) is 11.3 Å². The summed E-state index contributed by atoms with van der Waals surface area (Å²) in [6.45, 7) is 9.80. The minimum atomic E-state index is -1.00. The Bertz CT molecular complexity index is 814. The number of rotatable bonds is 6. The molecule has 2 aromatic rings. The van der Waals surface area contributed by atoms with Crippen LogP contribution in [0.15, 0.2) is 67.0 Å². The number of halogens is 1. The van der Waals surface area contributed by atoms with Crippen LogP contribution < -0.4 is 4.90 Å². The maximum atomic E-state index is 11.2. The summed E-state index contributed by atoms with van der Waals surface area (Å²) in [5, 5.41) is 19.7. The smallest absolute Gasteiger partial charge is 0.335 e. The average molecular weight is 344 g/mol. The molecule has 0 aliphatic carbocycles. The quantitative estimate of drug-likeness (QED) is 0.787. The zero-order valence-corrected chi connectivity index (χ0v) is 14.0. The number of allylic oxidation sites excluding steroid dienone is 2. The second-order valence-corrected chi connectivity index (χ2v) is 5.88. The third-order valence-corrected chi connectivity index (χ3v) is 3.72. The highest BCUT2D eigenvalue weighted by Gasteiger charge is 2.15. The van der Waals surface area contributed by atoms with Crippen LogP contribution in [0.1, 0.15) is 22.8 Å². The molecule has 4 nitrogen and oxygen atoms in total. The van der Waals surface area contributed by atoms with Gasteiger partial charge in [-0.25, -0.2) is 4.79 Å². The van der Waals surface area contributed by atoms with Crippen molar-refractivity contribution >= 4 is 23.3 Å². The fourth-order valence-corrected chi connectivity index (χ4v) is 2.64. The fourth-order valence-electron chi connectivity index (χ4n) is 2.45. The van der Waals surface area contributed by atoms with Gasteiger partial charge in [-0.05, 0) is 43.3 Å². The van der Waals surface area contributed by atoms with E-state index in [0.717, 1.165) is 0 Å². The van der Waals surface area contributed by atoms with Gasteiger partial charge in [0, 0.05) is 34.1 Å². The number of hydrogen-bond acceptors (Lipinski definition) is 3. The molecule has 0 heterocycles. The molecule has 0 saturated heterocycles. The zero-order chi connectivity index (χ0) is 17.9. The van der Waals surface area contributed by atoms with Crippen molar-refractivity contribution in [3.63, 3.8) is 0 Å². The zero-order valence-electron chi connectivity index (χ0n) is 13.3. The van der Waals surface area contributed by atoms with Gasteiger partial charge in [0.15, 0.2) is 0 Å². The van der Waals surface area contributed by atoms with Crippen LogP contribution in [0.2, 0.25) is 5.02 Å². The SMILES string of the molecule is C=C(C)N(C(=C)Cc1cc(Cl)ccc1O)c1cccc(C(=O)O)c1. The van der Waals surface area contributed by atoms with E-state index in [4.69, 9.17) is 16.7 Å². The van der Waals surface area contributed by atoms with Gasteiger partial charge in [0.05, 0.1) is 5.56 Å². The van der Waals surface area contributed by atoms with Crippen LogP contribution in [0, 0.1) is 0 Å². The molecule has 124 valence electrons. The molecule has 0 atom stereocenters. The third kappa shape index (κ3) is 3.97. The first-order valence-corrected chi connectivity index (χ1v) is 7.61. The first kappa shape index (κ1) is 17.6. The molecule has 2 aromatic carbocycles. The number of phenolic OH excluding ortho intramolecular Hbond substituents is 1. The lowest BCUT2D eigenvalue weighted by Crippen LogP contribution is -2.21. The van der Waals surface area contributed by atoms with Gasteiger partial charge in [-0.1, -0.05) is 30.8 Å². The Hall–Kier alpha value is -2.72. The standard InChI is InChI=1S/C19H18ClNO3/c1-12(2)21(17-6-4-5-14(11-17)19(23)24)13(3)9-15-10-16(20)7-8-18(15)22/h4-8,10-11,22H,1,3,9H2,2H3,(H,23,24). The Morgan fingerprint density at radius 2 is 1.92 bits per heavy atom. The molecule has 0 amide bonds. The Morgan fingerprint density at radius 1 is 1.21 bits per heavy atom. The number of phenols is 1. The normalized spacial score (nSPS) is 10.2. The highest BCUT2D eigenvalue weighted by atomic mass is 35.5. The number of anilines is 1. The monoisotopic (exact) mass is 343 g/mol. The lowest BCUT2D eigenvalue weighted by molar-refractivity contribution is 0.0697. The molecule has 0 unspecified atom stereocenters. The van der Waals surface area contributed by atoms with Crippen LogP contribution in [0.5, 0.6) is 5.75 Å². The van der Waals surface area contributed by atoms with Crippen molar-refractivity contribution in [2.24, 2.45) is 0 Å². The molecule has 2 rings (SSSR count). The van der Waals surface area contributed by atoms with Crippen LogP contribution >= 0.6 is 11.6 Å². The van der Waals surface area contributed by atoms with Crippen LogP contribution in [0.25, 0.3) is 0 Å². The van der Waals surface area contributed by atoms with Crippen molar-refractivity contribution in [2.45, 2.75) is 13.3 Å². The molecular formula is C19H18ClNO3. The van der Waals surface area contributed by atoms with Crippen LogP contribution in [0.3, 0.4) is 0 Å². The highest BCUT2D eigenvalue weighted by molar-refractivity contribution is 6.30. The van der Waals surface area contributed by atoms with E-state index in [1.165, 1.54) is 12.1 Å². The van der Waals surface area contributed by atoms with Crippen LogP contribution in [-0.4, -0.2) is 16.2 Å². The number of carboxylic acids is 1. The summed E-state index contributed by atoms with van der Waals surface area (Å²) in [7, 11) is 0. The molecule has 0 aliphatic rings. The van der Waals surface area contributed by atoms with Gasteiger partial charge < -0.3 is 15.1 Å². The summed E-state index contributed by atoms with van der Waals surface area (Å²) in [5.74, 6) is -0.877. The predicted molar refractivity (Wildman–Crippen MR) is 96.7 cm³/mol. The van der Waals surface area contributed by atoms with Gasteiger partial charge in [0.2, 0.25) is 0 Å². The molecular weight excluding hydrogens is 326 g/mol. The van der Waals surface area contributed by atoms with Gasteiger partial charge in [-0.15, -0.1) is 0 Å². The van der Waals surface area contributed by atoms with E-state index in [0.29, 0.717) is 34.1 Å². The van der Waals surface area contributed by atoms with E-state index in [9.17, 15) is 9.90 Å². The fraction of sp³-hybridized carbons (Fsp3) is 0.105. The number of aromatic carboxylic acids is 1. The van der Waals surface area contributed by atoms with Gasteiger partial charge in [0.25, 0.3) is 0 Å². The maximum absolute atomic E-state index is 11.2. The van der Waals surface area contributed by atoms with Crippen molar-refractivity contribution in [3.05, 3.63) is 83.2 Å². The summed E-state index contributed by atoms with van der Waals surface area (Å²) in [6, 6.07) is 11.3. The van der Waals surface area contributed by atoms with Crippen molar-refractivity contribution in [3.8, 4) is 5.75 Å². The number of hydrogen-bond donors (Lipinski definition) is 2. The van der Waals surface area contributed by atoms with Crippen molar-refractivity contribution in [2.75, 3.05) is 4.90 Å². The second-order valence-electron chi connectivity index (χ2n) is 5.44. The van der Waals surface area contributed by atoms with E-state index in [1.54, 1.807) is 42.2 Å². The van der Waals surface area contributed by atoms with Crippen molar-refractivity contribution in [1.82, 2.24) is 0 Å². The first-order valence-electron chi connectivity index (χ1n) is 7.23. The number of aromatic hydroxyl groups is 1. The lowest BCUT2D eigenvalue weighted by Gasteiger charge is -2.27. The summed E-state index contributed by atoms with van der Waals surface area (Å²) < 4.78 is 0. The van der Waals surface area contributed by atoms with Crippen LogP contribution in [-0.2, 0) is 6.42 Å². The molecule has 24 heavy (non-hydrogen) atoms. The molecule has 0 fully saturated rings. The van der Waals surface area contributed by atoms with E-state index < -0.39 is 5.97 Å². The van der Waals surface area contributed by atoms with Crippen molar-refractivity contribution < 1.29 is 15.0 Å². The molecule has 0 aromatic heterocycles. The van der Waals surface area contributed by atoms with E-state index in [2.05, 4.69) is 13.2 Å². The average Bonchev–Trinajstić information content (AvgIpc) is 2.51. The minimum Gasteiger partial charge on any atom is -0.508 e. The van der Waals surface area contributed by atoms with E-state index >= 15 is 0 Å². The third-order valence-electron chi connectivity index (χ3n) is 3.49. The van der Waals surface area contributed by atoms with Crippen LogP contribution in [0.4, 0.5) is 5.69 Å². The Labute approximate surface area is 145 Å². The number of nitrogens with zero attached hydrogens (tertiary/aromatic N) is 1. The topological polar surface area (TPSA) is 60.8 Å². The summed E-state index contributed by atoms with van der Waals surface area (Å²) >= 11 is 5.98. The van der Waals surface area contributed by atoms with Gasteiger partial charge in [-0.2, -0.15) is 0 Å². The molecule has 0 saturated carbocycles. The number of benzene rings is 2. The van der Waals surface area contributed by atoms with Gasteiger partial charge in [-0.3, -0.25) is 0 Å². The minimum absolute atomic E-state index is 0.126. The molecule has 0 aliphatic heterocycles. The van der Waals surface area contributed by atoms with Gasteiger partial charge in [0.1, 0.15) is 5.75 Å². The Balaban J connectivity index is 2.35. The molecule has 0 radical (unpaired) electrons. The molecule has 5 heteroatoms. The Kier molecular flexibility index (Phi) is 5.31. The number of carboxylic acid groups (broad SMARTS) is 1. The summed E-state index contributed by atoms with van der Waals surface area (Å²) in [5.41, 5.74) is 2.78. The Morgan fingerprint density at radius 3 is 2.54 bits per heavy atom. The maximum Gasteiger partial charge on any atom is 0.335 e. The summed E-state index contributed by atoms with van der Waals surface area (Å²) in [6.07, 6.45) is 0.344. The molecule has 0 bridgehead atoms. The summed E-state index contributed by atoms with van der Waals surface area (Å²) in [4.78, 5) is 12.9. The molecule has 2 N–H and O–H groups in total. The first-order chi connectivity index (χ1) is 11.3. The largest absolute Gasteiger partial charge is 0.508 e. The number of carbonyl (C=O) groups is 1. The van der Waals surface area contributed by atoms with E-state index in [1.807, 2.05) is 0 Å². The predicted octanol–water partition coefficient (Wildman–Crippen LogP) is 4.84. The highest BCUT2D eigenvalue weighted by Crippen LogP contribution is 2.29. The van der Waals surface area contributed by atoms with Crippen molar-refractivity contribution in [1.29, 1.82) is 0 Å². The molecule has 0 spiro atoms.